The molecule has 2 N–H and O–H groups in total. The van der Waals surface area contributed by atoms with Crippen molar-refractivity contribution in [1.82, 2.24) is 10.6 Å². The fourth-order valence-electron chi connectivity index (χ4n) is 3.56. The summed E-state index contributed by atoms with van der Waals surface area (Å²) in [6, 6.07) is 8.16. The van der Waals surface area contributed by atoms with Crippen molar-refractivity contribution in [2.75, 3.05) is 26.8 Å². The molecule has 1 heterocycles. The van der Waals surface area contributed by atoms with Crippen LogP contribution in [0.15, 0.2) is 29.3 Å². The van der Waals surface area contributed by atoms with Crippen LogP contribution in [0.25, 0.3) is 0 Å². The van der Waals surface area contributed by atoms with Crippen LogP contribution in [0.5, 0.6) is 5.75 Å². The fourth-order valence-corrected chi connectivity index (χ4v) is 3.56. The summed E-state index contributed by atoms with van der Waals surface area (Å²) in [6.45, 7) is 11.9. The molecule has 1 aliphatic rings. The van der Waals surface area contributed by atoms with Gasteiger partial charge >= 0.3 is 0 Å². The first-order chi connectivity index (χ1) is 12.4. The summed E-state index contributed by atoms with van der Waals surface area (Å²) >= 11 is 0. The predicted molar refractivity (Wildman–Crippen MR) is 123 cm³/mol. The van der Waals surface area contributed by atoms with E-state index in [9.17, 15) is 0 Å². The standard InChI is InChI=1S/C21H35N3O2.HI/c1-6-25-18-11-7-9-16(13-18)14-23-20(22-5)24-15-17-10-8-12-26-19(17)21(2,3)4;/h7,9,11,13,17,19H,6,8,10,12,14-15H2,1-5H3,(H2,22,23,24);1H. The van der Waals surface area contributed by atoms with E-state index >= 15 is 0 Å². The Labute approximate surface area is 181 Å². The quantitative estimate of drug-likeness (QED) is 0.357. The van der Waals surface area contributed by atoms with Gasteiger partial charge in [0.05, 0.1) is 12.7 Å². The third-order valence-corrected chi connectivity index (χ3v) is 4.72. The summed E-state index contributed by atoms with van der Waals surface area (Å²) in [7, 11) is 1.81. The molecule has 0 spiro atoms. The molecule has 1 aromatic rings. The summed E-state index contributed by atoms with van der Waals surface area (Å²) in [4.78, 5) is 4.36. The summed E-state index contributed by atoms with van der Waals surface area (Å²) in [5.74, 6) is 2.23. The van der Waals surface area contributed by atoms with Crippen LogP contribution in [0, 0.1) is 11.3 Å². The molecule has 2 unspecified atom stereocenters. The largest absolute Gasteiger partial charge is 0.494 e. The molecule has 1 saturated heterocycles. The molecule has 0 radical (unpaired) electrons. The third-order valence-electron chi connectivity index (χ3n) is 4.72. The SMILES string of the molecule is CCOc1cccc(CNC(=NC)NCC2CCCOC2C(C)(C)C)c1.I. The Morgan fingerprint density at radius 2 is 2.07 bits per heavy atom. The molecule has 154 valence electrons. The van der Waals surface area contributed by atoms with Gasteiger partial charge in [-0.15, -0.1) is 24.0 Å². The van der Waals surface area contributed by atoms with E-state index in [0.29, 0.717) is 19.1 Å². The van der Waals surface area contributed by atoms with Crippen LogP contribution in [0.2, 0.25) is 0 Å². The van der Waals surface area contributed by atoms with Gasteiger partial charge in [-0.2, -0.15) is 0 Å². The van der Waals surface area contributed by atoms with Gasteiger partial charge in [0.1, 0.15) is 5.75 Å². The maximum absolute atomic E-state index is 6.07. The second kappa shape index (κ2) is 11.7. The van der Waals surface area contributed by atoms with Gasteiger partial charge in [0.15, 0.2) is 5.96 Å². The lowest BCUT2D eigenvalue weighted by Gasteiger charge is -2.40. The first kappa shape index (κ1) is 24.0. The van der Waals surface area contributed by atoms with Crippen molar-refractivity contribution in [3.63, 3.8) is 0 Å². The first-order valence-electron chi connectivity index (χ1n) is 9.72. The number of guanidine groups is 1. The lowest BCUT2D eigenvalue weighted by molar-refractivity contribution is -0.0835. The van der Waals surface area contributed by atoms with Crippen molar-refractivity contribution < 1.29 is 9.47 Å². The van der Waals surface area contributed by atoms with E-state index in [0.717, 1.165) is 31.3 Å². The van der Waals surface area contributed by atoms with Gasteiger partial charge in [-0.3, -0.25) is 4.99 Å². The molecule has 27 heavy (non-hydrogen) atoms. The summed E-state index contributed by atoms with van der Waals surface area (Å²) < 4.78 is 11.6. The molecule has 1 fully saturated rings. The van der Waals surface area contributed by atoms with Gasteiger partial charge in [0, 0.05) is 32.7 Å². The highest BCUT2D eigenvalue weighted by Gasteiger charge is 2.35. The molecule has 0 bridgehead atoms. The highest BCUT2D eigenvalue weighted by molar-refractivity contribution is 14.0. The molecule has 0 aromatic heterocycles. The van der Waals surface area contributed by atoms with Crippen molar-refractivity contribution in [3.05, 3.63) is 29.8 Å². The highest BCUT2D eigenvalue weighted by atomic mass is 127. The molecule has 0 amide bonds. The van der Waals surface area contributed by atoms with Crippen LogP contribution in [0.3, 0.4) is 0 Å². The molecular weight excluding hydrogens is 453 g/mol. The molecule has 5 nitrogen and oxygen atoms in total. The Hall–Kier alpha value is -1.02. The van der Waals surface area contributed by atoms with Crippen LogP contribution in [-0.2, 0) is 11.3 Å². The normalized spacial score (nSPS) is 20.6. The molecule has 0 aliphatic carbocycles. The van der Waals surface area contributed by atoms with E-state index in [1.165, 1.54) is 12.0 Å². The minimum Gasteiger partial charge on any atom is -0.494 e. The molecule has 1 aromatic carbocycles. The zero-order valence-electron chi connectivity index (χ0n) is 17.4. The molecule has 0 saturated carbocycles. The number of nitrogens with one attached hydrogen (secondary N) is 2. The molecule has 2 atom stereocenters. The van der Waals surface area contributed by atoms with Gasteiger partial charge in [-0.25, -0.2) is 0 Å². The van der Waals surface area contributed by atoms with Crippen molar-refractivity contribution >= 4 is 29.9 Å². The number of benzene rings is 1. The lowest BCUT2D eigenvalue weighted by Crippen LogP contribution is -2.47. The lowest BCUT2D eigenvalue weighted by atomic mass is 9.78. The highest BCUT2D eigenvalue weighted by Crippen LogP contribution is 2.33. The zero-order chi connectivity index (χ0) is 19.0. The Bertz CT molecular complexity index is 587. The van der Waals surface area contributed by atoms with Crippen LogP contribution >= 0.6 is 24.0 Å². The topological polar surface area (TPSA) is 54.9 Å². The predicted octanol–water partition coefficient (Wildman–Crippen LogP) is 4.21. The maximum atomic E-state index is 6.07. The van der Waals surface area contributed by atoms with E-state index < -0.39 is 0 Å². The summed E-state index contributed by atoms with van der Waals surface area (Å²) in [5.41, 5.74) is 1.33. The van der Waals surface area contributed by atoms with Gasteiger partial charge in [-0.05, 0) is 42.9 Å². The zero-order valence-corrected chi connectivity index (χ0v) is 19.7. The van der Waals surface area contributed by atoms with Gasteiger partial charge in [0.2, 0.25) is 0 Å². The van der Waals surface area contributed by atoms with Crippen LogP contribution < -0.4 is 15.4 Å². The molecule has 6 heteroatoms. The summed E-state index contributed by atoms with van der Waals surface area (Å²) in [5, 5.41) is 6.87. The van der Waals surface area contributed by atoms with Crippen LogP contribution in [0.1, 0.15) is 46.1 Å². The smallest absolute Gasteiger partial charge is 0.191 e. The maximum Gasteiger partial charge on any atom is 0.191 e. The molecular formula is C21H36IN3O2. The fraction of sp³-hybridized carbons (Fsp3) is 0.667. The Balaban J connectivity index is 0.00000364. The Morgan fingerprint density at radius 1 is 1.30 bits per heavy atom. The number of ether oxygens (including phenoxy) is 2. The van der Waals surface area contributed by atoms with Crippen LogP contribution in [-0.4, -0.2) is 38.9 Å². The van der Waals surface area contributed by atoms with Crippen molar-refractivity contribution in [1.29, 1.82) is 0 Å². The minimum atomic E-state index is 0. The van der Waals surface area contributed by atoms with E-state index in [2.05, 4.69) is 48.5 Å². The van der Waals surface area contributed by atoms with Crippen molar-refractivity contribution in [3.8, 4) is 5.75 Å². The average molecular weight is 489 g/mol. The second-order valence-electron chi connectivity index (χ2n) is 7.95. The van der Waals surface area contributed by atoms with Gasteiger partial charge in [0.25, 0.3) is 0 Å². The number of nitrogens with zero attached hydrogens (tertiary/aromatic N) is 1. The van der Waals surface area contributed by atoms with Crippen molar-refractivity contribution in [2.24, 2.45) is 16.3 Å². The van der Waals surface area contributed by atoms with Crippen LogP contribution in [0.4, 0.5) is 0 Å². The summed E-state index contributed by atoms with van der Waals surface area (Å²) in [6.07, 6.45) is 2.61. The second-order valence-corrected chi connectivity index (χ2v) is 7.95. The Kier molecular flexibility index (Phi) is 10.4. The number of rotatable bonds is 6. The van der Waals surface area contributed by atoms with E-state index in [4.69, 9.17) is 9.47 Å². The number of halogens is 1. The van der Waals surface area contributed by atoms with Crippen molar-refractivity contribution in [2.45, 2.75) is 53.2 Å². The monoisotopic (exact) mass is 489 g/mol. The van der Waals surface area contributed by atoms with E-state index in [1.807, 2.05) is 26.1 Å². The number of hydrogen-bond acceptors (Lipinski definition) is 3. The Morgan fingerprint density at radius 3 is 2.74 bits per heavy atom. The molecule has 2 rings (SSSR count). The number of hydrogen-bond donors (Lipinski definition) is 2. The third kappa shape index (κ3) is 7.86. The van der Waals surface area contributed by atoms with E-state index in [1.54, 1.807) is 0 Å². The van der Waals surface area contributed by atoms with Gasteiger partial charge in [-0.1, -0.05) is 32.9 Å². The van der Waals surface area contributed by atoms with E-state index in [-0.39, 0.29) is 35.5 Å². The minimum absolute atomic E-state index is 0. The van der Waals surface area contributed by atoms with Gasteiger partial charge < -0.3 is 20.1 Å². The molecule has 1 aliphatic heterocycles. The number of aliphatic imine (C=N–C) groups is 1. The first-order valence-corrected chi connectivity index (χ1v) is 9.72. The average Bonchev–Trinajstić information content (AvgIpc) is 2.62.